The number of nitrogens with two attached hydrogens (primary N) is 4. The molecule has 0 aliphatic carbocycles. The van der Waals surface area contributed by atoms with E-state index in [2.05, 4.69) is 57.6 Å². The number of nitrogens with one attached hydrogen (secondary N) is 2. The number of carbonyl (C=O) groups excluding carboxylic acids is 6. The number of aromatic nitrogens is 2. The Bertz CT molecular complexity index is 2990. The largest absolute Gasteiger partial charge is 0.418 e. The van der Waals surface area contributed by atoms with Gasteiger partial charge in [0.1, 0.15) is 0 Å². The van der Waals surface area contributed by atoms with Crippen molar-refractivity contribution in [3.63, 3.8) is 0 Å². The minimum atomic E-state index is -2.49. The summed E-state index contributed by atoms with van der Waals surface area (Å²) in [5.41, 5.74) is 24.4. The number of likely N-dealkylation sites (tertiary alicyclic amines) is 2. The molecule has 2 fully saturated rings. The van der Waals surface area contributed by atoms with Gasteiger partial charge in [-0.15, -0.1) is 0 Å². The zero-order valence-electron chi connectivity index (χ0n) is 39.1. The summed E-state index contributed by atoms with van der Waals surface area (Å²) in [6.07, 6.45) is -0.219. The van der Waals surface area contributed by atoms with E-state index in [-0.39, 0.29) is 17.7 Å². The third kappa shape index (κ3) is 7.86. The van der Waals surface area contributed by atoms with Crippen LogP contribution in [0.15, 0.2) is 97.1 Å². The van der Waals surface area contributed by atoms with Crippen molar-refractivity contribution in [3.05, 3.63) is 130 Å². The lowest BCUT2D eigenvalue weighted by Crippen LogP contribution is -2.57. The molecule has 354 valence electrons. The van der Waals surface area contributed by atoms with Crippen molar-refractivity contribution in [2.75, 3.05) is 13.1 Å². The van der Waals surface area contributed by atoms with Crippen molar-refractivity contribution in [3.8, 4) is 11.4 Å². The van der Waals surface area contributed by atoms with Crippen molar-refractivity contribution in [1.82, 2.24) is 19.8 Å². The summed E-state index contributed by atoms with van der Waals surface area (Å²) in [5.74, 6) is -3.86. The number of hydrogen-bond donors (Lipinski definition) is 6. The average Bonchev–Trinajstić information content (AvgIpc) is 4.11. The van der Waals surface area contributed by atoms with Crippen molar-refractivity contribution >= 4 is 57.6 Å². The molecule has 4 aromatic carbocycles. The number of rotatable bonds is 11. The van der Waals surface area contributed by atoms with Gasteiger partial charge in [0.2, 0.25) is 0 Å². The summed E-state index contributed by atoms with van der Waals surface area (Å²) in [7, 11) is 0. The minimum absolute atomic E-state index is 0.0967. The van der Waals surface area contributed by atoms with E-state index in [1.807, 2.05) is 30.3 Å². The van der Waals surface area contributed by atoms with Gasteiger partial charge < -0.3 is 52.2 Å². The van der Waals surface area contributed by atoms with E-state index in [0.717, 1.165) is 55.4 Å². The van der Waals surface area contributed by atoms with Crippen LogP contribution in [-0.2, 0) is 50.7 Å². The Balaban J connectivity index is 1.21. The average molecular weight is 923 g/mol. The van der Waals surface area contributed by atoms with Gasteiger partial charge in [-0.2, -0.15) is 0 Å². The maximum absolute atomic E-state index is 14.9. The van der Waals surface area contributed by atoms with Crippen molar-refractivity contribution in [1.29, 1.82) is 0 Å². The molecule has 0 spiro atoms. The highest BCUT2D eigenvalue weighted by Crippen LogP contribution is 2.49. The molecule has 2 aliphatic rings. The Hall–Kier alpha value is -7.62. The molecule has 8 rings (SSSR count). The van der Waals surface area contributed by atoms with Crippen LogP contribution in [0.25, 0.3) is 33.2 Å². The van der Waals surface area contributed by atoms with Gasteiger partial charge >= 0.3 is 12.2 Å². The second-order valence-corrected chi connectivity index (χ2v) is 19.8. The highest BCUT2D eigenvalue weighted by Gasteiger charge is 2.56. The Morgan fingerprint density at radius 2 is 1.06 bits per heavy atom. The lowest BCUT2D eigenvalue weighted by molar-refractivity contribution is -0.162. The molecule has 2 aromatic heterocycles. The standard InChI is InChI=1S/C52H58N8O8/c1-49(2,3)40-33(38-20-14-26-60(38)46(64)52(44(54)62,68-48(56)66)32-17-11-8-12-18-32)22-24-35-39(40)41(50(4,5)6)42(58-35)36-28-30-27-29(21-23-34(30)57-36)37-19-13-25-59(37)45(63)51(43(53)61,67-47(55)65)31-15-9-7-10-16-31/h7-12,15-18,21-24,27-28,37-38,57-58H,13-14,19-20,25-26H2,1-6H3,(H2,53,61)(H2,54,62)(H2,55,65)(H2,56,66)/t37?,38?,51-,52?/m1/s1. The Morgan fingerprint density at radius 1 is 0.574 bits per heavy atom. The van der Waals surface area contributed by atoms with E-state index in [1.165, 1.54) is 29.2 Å². The smallest absolute Gasteiger partial charge is 0.406 e. The molecule has 2 saturated heterocycles. The predicted octanol–water partition coefficient (Wildman–Crippen LogP) is 7.19. The second-order valence-electron chi connectivity index (χ2n) is 19.8. The number of carbonyl (C=O) groups is 6. The van der Waals surface area contributed by atoms with E-state index in [1.54, 1.807) is 41.3 Å². The summed E-state index contributed by atoms with van der Waals surface area (Å²) in [6, 6.07) is 27.0. The molecule has 10 N–H and O–H groups in total. The summed E-state index contributed by atoms with van der Waals surface area (Å²) < 4.78 is 10.8. The molecule has 68 heavy (non-hydrogen) atoms. The second kappa shape index (κ2) is 17.2. The number of amides is 6. The lowest BCUT2D eigenvalue weighted by atomic mass is 9.75. The van der Waals surface area contributed by atoms with Gasteiger partial charge in [-0.3, -0.25) is 19.2 Å². The molecule has 6 aromatic rings. The maximum atomic E-state index is 14.9. The molecular weight excluding hydrogens is 865 g/mol. The molecule has 16 heteroatoms. The molecule has 0 saturated carbocycles. The van der Waals surface area contributed by atoms with E-state index in [4.69, 9.17) is 32.4 Å². The normalized spacial score (nSPS) is 18.3. The van der Waals surface area contributed by atoms with Crippen LogP contribution in [0.3, 0.4) is 0 Å². The van der Waals surface area contributed by atoms with Crippen LogP contribution in [0.5, 0.6) is 0 Å². The number of hydrogen-bond acceptors (Lipinski definition) is 8. The zero-order valence-corrected chi connectivity index (χ0v) is 39.1. The van der Waals surface area contributed by atoms with E-state index in [9.17, 15) is 28.8 Å². The molecule has 16 nitrogen and oxygen atoms in total. The molecule has 3 unspecified atom stereocenters. The van der Waals surface area contributed by atoms with E-state index in [0.29, 0.717) is 32.2 Å². The fraction of sp³-hybridized carbons (Fsp3) is 0.346. The van der Waals surface area contributed by atoms with Gasteiger partial charge in [0, 0.05) is 46.0 Å². The number of primary amides is 4. The highest BCUT2D eigenvalue weighted by molar-refractivity contribution is 6.11. The molecule has 4 atom stereocenters. The van der Waals surface area contributed by atoms with Gasteiger partial charge in [-0.1, -0.05) is 114 Å². The van der Waals surface area contributed by atoms with Crippen molar-refractivity contribution in [2.45, 2.75) is 101 Å². The van der Waals surface area contributed by atoms with Crippen LogP contribution < -0.4 is 22.9 Å². The molecule has 4 heterocycles. The number of aromatic amines is 2. The van der Waals surface area contributed by atoms with E-state index >= 15 is 0 Å². The summed E-state index contributed by atoms with van der Waals surface area (Å²) in [6.45, 7) is 13.4. The minimum Gasteiger partial charge on any atom is -0.418 e. The van der Waals surface area contributed by atoms with Crippen molar-refractivity contribution < 1.29 is 38.2 Å². The molecule has 6 amide bonds. The first-order valence-electron chi connectivity index (χ1n) is 22.7. The van der Waals surface area contributed by atoms with Crippen LogP contribution in [0.2, 0.25) is 0 Å². The van der Waals surface area contributed by atoms with Gasteiger partial charge in [0.05, 0.1) is 23.5 Å². The summed E-state index contributed by atoms with van der Waals surface area (Å²) in [4.78, 5) is 91.2. The van der Waals surface area contributed by atoms with Gasteiger partial charge in [-0.05, 0) is 83.0 Å². The van der Waals surface area contributed by atoms with Crippen LogP contribution in [0.4, 0.5) is 9.59 Å². The van der Waals surface area contributed by atoms with Gasteiger partial charge in [0.15, 0.2) is 0 Å². The van der Waals surface area contributed by atoms with Crippen molar-refractivity contribution in [2.24, 2.45) is 22.9 Å². The Labute approximate surface area is 393 Å². The third-order valence-electron chi connectivity index (χ3n) is 13.3. The number of ether oxygens (including phenoxy) is 2. The number of fused-ring (bicyclic) bond motifs is 2. The van der Waals surface area contributed by atoms with Gasteiger partial charge in [0.25, 0.3) is 34.8 Å². The lowest BCUT2D eigenvalue weighted by Gasteiger charge is -2.37. The van der Waals surface area contributed by atoms with Crippen LogP contribution >= 0.6 is 0 Å². The van der Waals surface area contributed by atoms with E-state index < -0.39 is 69.9 Å². The SMILES string of the molecule is CC(C)(C)c1c(C2CCCN2C(=O)C(OC(N)=O)(C(N)=O)c2ccccc2)ccc2[nH]c(-c3cc4cc(C5CCCN5C(=O)[C@](OC(N)=O)(C(N)=O)c5ccccc5)ccc4[nH]3)c(C(C)(C)C)c12. The topological polar surface area (TPSA) is 263 Å². The fourth-order valence-electron chi connectivity index (χ4n) is 10.6. The Morgan fingerprint density at radius 3 is 1.54 bits per heavy atom. The molecule has 2 aliphatic heterocycles. The summed E-state index contributed by atoms with van der Waals surface area (Å²) in [5, 5.41) is 1.88. The number of H-pyrrole nitrogens is 2. The first-order chi connectivity index (χ1) is 32.1. The summed E-state index contributed by atoms with van der Waals surface area (Å²) >= 11 is 0. The maximum Gasteiger partial charge on any atom is 0.406 e. The monoisotopic (exact) mass is 922 g/mol. The predicted molar refractivity (Wildman–Crippen MR) is 256 cm³/mol. The van der Waals surface area contributed by atoms with Crippen LogP contribution in [0.1, 0.15) is 113 Å². The van der Waals surface area contributed by atoms with Crippen LogP contribution in [-0.4, -0.2) is 68.7 Å². The molecule has 0 radical (unpaired) electrons. The third-order valence-corrected chi connectivity index (χ3v) is 13.3. The molecule has 0 bridgehead atoms. The van der Waals surface area contributed by atoms with Crippen LogP contribution in [0, 0.1) is 0 Å². The number of nitrogens with zero attached hydrogens (tertiary/aromatic N) is 2. The number of benzene rings is 4. The fourth-order valence-corrected chi connectivity index (χ4v) is 10.6. The first-order valence-corrected chi connectivity index (χ1v) is 22.7. The first kappa shape index (κ1) is 46.9. The molecular formula is C52H58N8O8. The zero-order chi connectivity index (χ0) is 49.1. The Kier molecular flexibility index (Phi) is 11.9. The highest BCUT2D eigenvalue weighted by atomic mass is 16.6. The van der Waals surface area contributed by atoms with Gasteiger partial charge in [-0.25, -0.2) is 9.59 Å². The quantitative estimate of drug-likeness (QED) is 0.0723.